The van der Waals surface area contributed by atoms with Gasteiger partial charge in [0.05, 0.1) is 0 Å². The van der Waals surface area contributed by atoms with Gasteiger partial charge in [0, 0.05) is 19.3 Å². The maximum absolute atomic E-state index is 12.9. The standard InChI is InChI=1S/C63H110O6/c1-4-7-10-13-16-19-21-23-25-27-29-31-33-35-37-39-41-44-47-50-53-56-62(65)68-59-60(58-67-61(64)55-52-49-46-43-18-15-12-9-6-3)69-63(66)57-54-51-48-45-42-40-38-36-34-32-30-28-26-24-22-20-17-14-11-8-5-2/h7,10,16,19,23,25,29,31,35,37,41,44,60H,4-6,8-9,11-15,17-18,20-22,24,26-28,30,32-34,36,38-40,42-43,45-59H2,1-3H3/b10-7-,19-16-,25-23-,31-29-,37-35-,44-41-. The van der Waals surface area contributed by atoms with Crippen LogP contribution in [0.25, 0.3) is 0 Å². The van der Waals surface area contributed by atoms with E-state index in [-0.39, 0.29) is 31.1 Å². The van der Waals surface area contributed by atoms with Crippen molar-refractivity contribution in [3.8, 4) is 0 Å². The summed E-state index contributed by atoms with van der Waals surface area (Å²) in [6.07, 6.45) is 73.4. The molecule has 6 heteroatoms. The molecular weight excluding hydrogens is 853 g/mol. The molecule has 0 aliphatic carbocycles. The van der Waals surface area contributed by atoms with Gasteiger partial charge in [-0.1, -0.05) is 273 Å². The Morgan fingerprint density at radius 3 is 0.884 bits per heavy atom. The van der Waals surface area contributed by atoms with E-state index in [4.69, 9.17) is 14.2 Å². The molecule has 0 saturated heterocycles. The number of esters is 3. The first-order chi connectivity index (χ1) is 34.0. The number of hydrogen-bond donors (Lipinski definition) is 0. The average Bonchev–Trinajstić information content (AvgIpc) is 3.35. The van der Waals surface area contributed by atoms with Crippen molar-refractivity contribution in [1.29, 1.82) is 0 Å². The van der Waals surface area contributed by atoms with Crippen LogP contribution in [-0.2, 0) is 28.6 Å². The Hall–Kier alpha value is -3.15. The van der Waals surface area contributed by atoms with Crippen molar-refractivity contribution in [3.05, 3.63) is 72.9 Å². The van der Waals surface area contributed by atoms with E-state index in [1.54, 1.807) is 0 Å². The molecule has 0 fully saturated rings. The van der Waals surface area contributed by atoms with Crippen LogP contribution < -0.4 is 0 Å². The van der Waals surface area contributed by atoms with Crippen molar-refractivity contribution in [2.45, 2.75) is 297 Å². The van der Waals surface area contributed by atoms with Crippen molar-refractivity contribution in [2.75, 3.05) is 13.2 Å². The third kappa shape index (κ3) is 55.6. The predicted molar refractivity (Wildman–Crippen MR) is 298 cm³/mol. The van der Waals surface area contributed by atoms with Crippen molar-refractivity contribution >= 4 is 17.9 Å². The minimum Gasteiger partial charge on any atom is -0.462 e. The van der Waals surface area contributed by atoms with Gasteiger partial charge in [-0.15, -0.1) is 0 Å². The van der Waals surface area contributed by atoms with Gasteiger partial charge in [-0.25, -0.2) is 0 Å². The third-order valence-corrected chi connectivity index (χ3v) is 12.7. The number of hydrogen-bond acceptors (Lipinski definition) is 6. The highest BCUT2D eigenvalue weighted by molar-refractivity contribution is 5.71. The van der Waals surface area contributed by atoms with Crippen LogP contribution in [0.2, 0.25) is 0 Å². The predicted octanol–water partition coefficient (Wildman–Crippen LogP) is 19.8. The van der Waals surface area contributed by atoms with Crippen molar-refractivity contribution in [2.24, 2.45) is 0 Å². The second kappa shape index (κ2) is 57.4. The van der Waals surface area contributed by atoms with Crippen LogP contribution in [-0.4, -0.2) is 37.2 Å². The molecule has 6 nitrogen and oxygen atoms in total. The molecule has 0 rings (SSSR count). The van der Waals surface area contributed by atoms with Crippen LogP contribution >= 0.6 is 0 Å². The van der Waals surface area contributed by atoms with E-state index in [9.17, 15) is 14.4 Å². The van der Waals surface area contributed by atoms with Gasteiger partial charge in [-0.2, -0.15) is 0 Å². The number of carbonyl (C=O) groups excluding carboxylic acids is 3. The summed E-state index contributed by atoms with van der Waals surface area (Å²) in [6, 6.07) is 0. The molecule has 1 atom stereocenters. The molecule has 398 valence electrons. The quantitative estimate of drug-likeness (QED) is 0.0262. The van der Waals surface area contributed by atoms with E-state index < -0.39 is 6.10 Å². The summed E-state index contributed by atoms with van der Waals surface area (Å²) in [4.78, 5) is 38.1. The highest BCUT2D eigenvalue weighted by Gasteiger charge is 2.19. The number of carbonyl (C=O) groups is 3. The van der Waals surface area contributed by atoms with E-state index in [0.29, 0.717) is 19.3 Å². The highest BCUT2D eigenvalue weighted by atomic mass is 16.6. The number of rotatable bonds is 53. The van der Waals surface area contributed by atoms with Crippen molar-refractivity contribution in [3.63, 3.8) is 0 Å². The molecule has 0 aromatic rings. The summed E-state index contributed by atoms with van der Waals surface area (Å²) in [5.74, 6) is -0.923. The fourth-order valence-corrected chi connectivity index (χ4v) is 8.33. The molecule has 0 radical (unpaired) electrons. The highest BCUT2D eigenvalue weighted by Crippen LogP contribution is 2.17. The van der Waals surface area contributed by atoms with Gasteiger partial charge in [-0.05, 0) is 70.6 Å². The number of ether oxygens (including phenoxy) is 3. The first kappa shape index (κ1) is 65.8. The molecule has 0 N–H and O–H groups in total. The first-order valence-corrected chi connectivity index (χ1v) is 29.4. The molecule has 0 aliphatic heterocycles. The largest absolute Gasteiger partial charge is 0.462 e. The maximum Gasteiger partial charge on any atom is 0.306 e. The van der Waals surface area contributed by atoms with Gasteiger partial charge < -0.3 is 14.2 Å². The lowest BCUT2D eigenvalue weighted by atomic mass is 10.0. The number of allylic oxidation sites excluding steroid dienone is 12. The zero-order chi connectivity index (χ0) is 50.0. The maximum atomic E-state index is 12.9. The molecule has 69 heavy (non-hydrogen) atoms. The van der Waals surface area contributed by atoms with Crippen LogP contribution in [0.3, 0.4) is 0 Å². The normalized spacial score (nSPS) is 12.6. The minimum atomic E-state index is -0.790. The molecule has 0 heterocycles. The zero-order valence-electron chi connectivity index (χ0n) is 45.6. The summed E-state index contributed by atoms with van der Waals surface area (Å²) in [7, 11) is 0. The van der Waals surface area contributed by atoms with E-state index in [0.717, 1.165) is 96.3 Å². The van der Waals surface area contributed by atoms with Gasteiger partial charge >= 0.3 is 17.9 Å². The molecule has 0 bridgehead atoms. The summed E-state index contributed by atoms with van der Waals surface area (Å²) >= 11 is 0. The lowest BCUT2D eigenvalue weighted by molar-refractivity contribution is -0.167. The Kier molecular flexibility index (Phi) is 54.8. The summed E-state index contributed by atoms with van der Waals surface area (Å²) in [5, 5.41) is 0. The molecule has 0 aromatic heterocycles. The van der Waals surface area contributed by atoms with Crippen LogP contribution in [0.5, 0.6) is 0 Å². The molecule has 0 amide bonds. The summed E-state index contributed by atoms with van der Waals surface area (Å²) in [5.41, 5.74) is 0. The Morgan fingerprint density at radius 1 is 0.304 bits per heavy atom. The van der Waals surface area contributed by atoms with Gasteiger partial charge in [0.15, 0.2) is 6.10 Å². The molecule has 1 unspecified atom stereocenters. The van der Waals surface area contributed by atoms with E-state index in [1.807, 2.05) is 0 Å². The fourth-order valence-electron chi connectivity index (χ4n) is 8.33. The second-order valence-electron chi connectivity index (χ2n) is 19.5. The third-order valence-electron chi connectivity index (χ3n) is 12.7. The summed E-state index contributed by atoms with van der Waals surface area (Å²) < 4.78 is 16.8. The van der Waals surface area contributed by atoms with Gasteiger partial charge in [0.1, 0.15) is 13.2 Å². The summed E-state index contributed by atoms with van der Waals surface area (Å²) in [6.45, 7) is 6.50. The smallest absolute Gasteiger partial charge is 0.306 e. The SMILES string of the molecule is CC/C=C\C/C=C\C/C=C\C/C=C\C/C=C\C/C=C\CCCCC(=O)OCC(COC(=O)CCCCCCCCCCC)OC(=O)CCCCCCCCCCCCCCCCCCCCCCC. The van der Waals surface area contributed by atoms with Gasteiger partial charge in [0.25, 0.3) is 0 Å². The number of unbranched alkanes of at least 4 members (excludes halogenated alkanes) is 30. The Morgan fingerprint density at radius 2 is 0.565 bits per heavy atom. The van der Waals surface area contributed by atoms with Crippen LogP contribution in [0, 0.1) is 0 Å². The molecule has 0 saturated carbocycles. The Balaban J connectivity index is 4.32. The van der Waals surface area contributed by atoms with Crippen molar-refractivity contribution in [1.82, 2.24) is 0 Å². The van der Waals surface area contributed by atoms with E-state index >= 15 is 0 Å². The van der Waals surface area contributed by atoms with Crippen LogP contribution in [0.4, 0.5) is 0 Å². The topological polar surface area (TPSA) is 78.9 Å². The van der Waals surface area contributed by atoms with Crippen LogP contribution in [0.1, 0.15) is 290 Å². The second-order valence-corrected chi connectivity index (χ2v) is 19.5. The molecule has 0 aromatic carbocycles. The first-order valence-electron chi connectivity index (χ1n) is 29.4. The monoisotopic (exact) mass is 963 g/mol. The fraction of sp³-hybridized carbons (Fsp3) is 0.762. The van der Waals surface area contributed by atoms with Gasteiger partial charge in [-0.3, -0.25) is 14.4 Å². The minimum absolute atomic E-state index is 0.0860. The zero-order valence-corrected chi connectivity index (χ0v) is 45.6. The molecular formula is C63H110O6. The Bertz CT molecular complexity index is 1290. The van der Waals surface area contributed by atoms with E-state index in [1.165, 1.54) is 154 Å². The average molecular weight is 964 g/mol. The van der Waals surface area contributed by atoms with Crippen molar-refractivity contribution < 1.29 is 28.6 Å². The lowest BCUT2D eigenvalue weighted by Crippen LogP contribution is -2.30. The van der Waals surface area contributed by atoms with Crippen LogP contribution in [0.15, 0.2) is 72.9 Å². The van der Waals surface area contributed by atoms with Gasteiger partial charge in [0.2, 0.25) is 0 Å². The molecule has 0 spiro atoms. The van der Waals surface area contributed by atoms with E-state index in [2.05, 4.69) is 93.7 Å². The molecule has 0 aliphatic rings. The Labute approximate surface area is 427 Å². The lowest BCUT2D eigenvalue weighted by Gasteiger charge is -2.18.